The van der Waals surface area contributed by atoms with Gasteiger partial charge in [0.2, 0.25) is 0 Å². The van der Waals surface area contributed by atoms with Crippen LogP contribution < -0.4 is 5.43 Å². The molecule has 0 aliphatic carbocycles. The number of hydrogen-bond acceptors (Lipinski definition) is 7. The third-order valence-corrected chi connectivity index (χ3v) is 4.17. The second-order valence-electron chi connectivity index (χ2n) is 6.14. The number of rotatable bonds is 6. The lowest BCUT2D eigenvalue weighted by Crippen LogP contribution is -2.42. The van der Waals surface area contributed by atoms with Crippen LogP contribution in [0.2, 0.25) is 0 Å². The molecular formula is C18H20N4O5. The number of nitrogens with one attached hydrogen (secondary N) is 1. The SMILES string of the molecule is Cc1ccc(-c2ccc(/C=N\NC(=O)CN3CCOCC3)o2)cc1[N+](=O)[O-]. The summed E-state index contributed by atoms with van der Waals surface area (Å²) < 4.78 is 10.9. The number of carbonyl (C=O) groups is 1. The Morgan fingerprint density at radius 3 is 2.85 bits per heavy atom. The van der Waals surface area contributed by atoms with Gasteiger partial charge >= 0.3 is 0 Å². The molecule has 0 spiro atoms. The van der Waals surface area contributed by atoms with E-state index in [0.29, 0.717) is 35.9 Å². The van der Waals surface area contributed by atoms with Gasteiger partial charge in [0.05, 0.1) is 30.9 Å². The maximum Gasteiger partial charge on any atom is 0.273 e. The topological polar surface area (TPSA) is 110 Å². The highest BCUT2D eigenvalue weighted by atomic mass is 16.6. The third kappa shape index (κ3) is 4.99. The molecule has 2 heterocycles. The molecule has 3 rings (SSSR count). The van der Waals surface area contributed by atoms with Crippen LogP contribution in [-0.4, -0.2) is 54.8 Å². The zero-order valence-corrected chi connectivity index (χ0v) is 14.9. The van der Waals surface area contributed by atoms with Crippen LogP contribution in [-0.2, 0) is 9.53 Å². The number of nitrogens with zero attached hydrogens (tertiary/aromatic N) is 3. The Morgan fingerprint density at radius 1 is 1.33 bits per heavy atom. The number of aryl methyl sites for hydroxylation is 1. The van der Waals surface area contributed by atoms with Gasteiger partial charge < -0.3 is 9.15 Å². The quantitative estimate of drug-likeness (QED) is 0.471. The Labute approximate surface area is 155 Å². The monoisotopic (exact) mass is 372 g/mol. The van der Waals surface area contributed by atoms with E-state index in [0.717, 1.165) is 13.1 Å². The summed E-state index contributed by atoms with van der Waals surface area (Å²) in [5, 5.41) is 15.0. The molecule has 0 unspecified atom stereocenters. The standard InChI is InChI=1S/C18H20N4O5/c1-13-2-3-14(10-16(13)22(24)25)17-5-4-15(27-17)11-19-20-18(23)12-21-6-8-26-9-7-21/h2-5,10-11H,6-9,12H2,1H3,(H,20,23)/b19-11-. The number of hydrazone groups is 1. The Balaban J connectivity index is 1.59. The number of nitro groups is 1. The first-order chi connectivity index (χ1) is 13.0. The Kier molecular flexibility index (Phi) is 5.94. The Morgan fingerprint density at radius 2 is 2.11 bits per heavy atom. The Bertz CT molecular complexity index is 855. The largest absolute Gasteiger partial charge is 0.455 e. The molecular weight excluding hydrogens is 352 g/mol. The van der Waals surface area contributed by atoms with Gasteiger partial charge in [-0.3, -0.25) is 19.8 Å². The van der Waals surface area contributed by atoms with Crippen LogP contribution >= 0.6 is 0 Å². The summed E-state index contributed by atoms with van der Waals surface area (Å²) in [5.74, 6) is 0.702. The number of morpholine rings is 1. The van der Waals surface area contributed by atoms with Crippen molar-refractivity contribution in [2.45, 2.75) is 6.92 Å². The zero-order chi connectivity index (χ0) is 19.2. The normalized spacial score (nSPS) is 15.1. The van der Waals surface area contributed by atoms with E-state index >= 15 is 0 Å². The minimum absolute atomic E-state index is 0.0366. The highest BCUT2D eigenvalue weighted by Gasteiger charge is 2.14. The van der Waals surface area contributed by atoms with Crippen LogP contribution in [0.1, 0.15) is 11.3 Å². The van der Waals surface area contributed by atoms with Gasteiger partial charge in [0.1, 0.15) is 11.5 Å². The molecule has 9 heteroatoms. The molecule has 0 radical (unpaired) electrons. The summed E-state index contributed by atoms with van der Waals surface area (Å²) in [6.45, 7) is 4.65. The van der Waals surface area contributed by atoms with Crippen molar-refractivity contribution in [1.29, 1.82) is 0 Å². The van der Waals surface area contributed by atoms with Gasteiger partial charge in [0.25, 0.3) is 11.6 Å². The zero-order valence-electron chi connectivity index (χ0n) is 14.9. The van der Waals surface area contributed by atoms with Crippen molar-refractivity contribution in [2.75, 3.05) is 32.8 Å². The average molecular weight is 372 g/mol. The molecule has 1 fully saturated rings. The lowest BCUT2D eigenvalue weighted by atomic mass is 10.1. The first kappa shape index (κ1) is 18.7. The van der Waals surface area contributed by atoms with Crippen molar-refractivity contribution in [1.82, 2.24) is 10.3 Å². The number of nitro benzene ring substituents is 1. The first-order valence-electron chi connectivity index (χ1n) is 8.50. The van der Waals surface area contributed by atoms with Crippen molar-refractivity contribution in [3.05, 3.63) is 51.8 Å². The molecule has 1 aromatic heterocycles. The molecule has 27 heavy (non-hydrogen) atoms. The molecule has 1 saturated heterocycles. The second kappa shape index (κ2) is 8.56. The van der Waals surface area contributed by atoms with E-state index in [1.54, 1.807) is 31.2 Å². The molecule has 0 atom stereocenters. The summed E-state index contributed by atoms with van der Waals surface area (Å²) in [4.78, 5) is 24.5. The first-order valence-corrected chi connectivity index (χ1v) is 8.50. The average Bonchev–Trinajstić information content (AvgIpc) is 3.11. The predicted molar refractivity (Wildman–Crippen MR) is 98.5 cm³/mol. The van der Waals surface area contributed by atoms with Gasteiger partial charge in [-0.05, 0) is 19.1 Å². The minimum atomic E-state index is -0.422. The lowest BCUT2D eigenvalue weighted by molar-refractivity contribution is -0.385. The number of ether oxygens (including phenoxy) is 1. The van der Waals surface area contributed by atoms with Crippen LogP contribution in [0.15, 0.2) is 39.9 Å². The maximum absolute atomic E-state index is 11.9. The molecule has 1 N–H and O–H groups in total. The van der Waals surface area contributed by atoms with E-state index in [-0.39, 0.29) is 18.1 Å². The van der Waals surface area contributed by atoms with Gasteiger partial charge in [0.15, 0.2) is 0 Å². The van der Waals surface area contributed by atoms with Gasteiger partial charge in [-0.25, -0.2) is 5.43 Å². The van der Waals surface area contributed by atoms with E-state index < -0.39 is 4.92 Å². The molecule has 1 aliphatic heterocycles. The van der Waals surface area contributed by atoms with E-state index in [9.17, 15) is 14.9 Å². The fraction of sp³-hybridized carbons (Fsp3) is 0.333. The van der Waals surface area contributed by atoms with Crippen LogP contribution in [0.25, 0.3) is 11.3 Å². The van der Waals surface area contributed by atoms with Gasteiger partial charge in [0, 0.05) is 30.3 Å². The van der Waals surface area contributed by atoms with Crippen molar-refractivity contribution >= 4 is 17.8 Å². The predicted octanol–water partition coefficient (Wildman–Crippen LogP) is 1.95. The fourth-order valence-corrected chi connectivity index (χ4v) is 2.70. The minimum Gasteiger partial charge on any atom is -0.455 e. The molecule has 142 valence electrons. The molecule has 1 aromatic carbocycles. The van der Waals surface area contributed by atoms with E-state index in [1.165, 1.54) is 12.3 Å². The third-order valence-electron chi connectivity index (χ3n) is 4.17. The molecule has 0 saturated carbocycles. The number of furan rings is 1. The van der Waals surface area contributed by atoms with Crippen LogP contribution in [0.5, 0.6) is 0 Å². The molecule has 9 nitrogen and oxygen atoms in total. The summed E-state index contributed by atoms with van der Waals surface area (Å²) in [7, 11) is 0. The molecule has 2 aromatic rings. The molecule has 1 aliphatic rings. The van der Waals surface area contributed by atoms with E-state index in [1.807, 2.05) is 4.90 Å². The van der Waals surface area contributed by atoms with Crippen molar-refractivity contribution < 1.29 is 18.9 Å². The lowest BCUT2D eigenvalue weighted by Gasteiger charge is -2.25. The summed E-state index contributed by atoms with van der Waals surface area (Å²) in [6, 6.07) is 8.28. The summed E-state index contributed by atoms with van der Waals surface area (Å²) >= 11 is 0. The van der Waals surface area contributed by atoms with Crippen molar-refractivity contribution in [3.63, 3.8) is 0 Å². The smallest absolute Gasteiger partial charge is 0.273 e. The summed E-state index contributed by atoms with van der Waals surface area (Å²) in [6.07, 6.45) is 1.39. The number of carbonyl (C=O) groups excluding carboxylic acids is 1. The fourth-order valence-electron chi connectivity index (χ4n) is 2.70. The van der Waals surface area contributed by atoms with E-state index in [4.69, 9.17) is 9.15 Å². The maximum atomic E-state index is 11.9. The Hall–Kier alpha value is -3.04. The van der Waals surface area contributed by atoms with Gasteiger partial charge in [-0.2, -0.15) is 5.10 Å². The number of hydrogen-bond donors (Lipinski definition) is 1. The van der Waals surface area contributed by atoms with Crippen LogP contribution in [0.4, 0.5) is 5.69 Å². The number of benzene rings is 1. The number of amides is 1. The van der Waals surface area contributed by atoms with Crippen molar-refractivity contribution in [2.24, 2.45) is 5.10 Å². The highest BCUT2D eigenvalue weighted by molar-refractivity contribution is 5.82. The van der Waals surface area contributed by atoms with E-state index in [2.05, 4.69) is 10.5 Å². The summed E-state index contributed by atoms with van der Waals surface area (Å²) in [5.41, 5.74) is 3.68. The van der Waals surface area contributed by atoms with Crippen LogP contribution in [0, 0.1) is 17.0 Å². The highest BCUT2D eigenvalue weighted by Crippen LogP contribution is 2.27. The molecule has 0 bridgehead atoms. The molecule has 1 amide bonds. The second-order valence-corrected chi connectivity index (χ2v) is 6.14. The van der Waals surface area contributed by atoms with Gasteiger partial charge in [-0.1, -0.05) is 12.1 Å². The van der Waals surface area contributed by atoms with Crippen molar-refractivity contribution in [3.8, 4) is 11.3 Å². The van der Waals surface area contributed by atoms with Crippen LogP contribution in [0.3, 0.4) is 0 Å². The van der Waals surface area contributed by atoms with Gasteiger partial charge in [-0.15, -0.1) is 0 Å².